The van der Waals surface area contributed by atoms with Crippen LogP contribution in [0.2, 0.25) is 0 Å². The molecule has 1 heterocycles. The molecule has 2 rings (SSSR count). The number of aromatic nitrogens is 1. The molecule has 0 aliphatic heterocycles. The molecule has 2 atom stereocenters. The minimum absolute atomic E-state index is 0.0255. The first kappa shape index (κ1) is 16.9. The molecule has 1 aliphatic carbocycles. The summed E-state index contributed by atoms with van der Waals surface area (Å²) in [5.74, 6) is 0.934. The third-order valence-electron chi connectivity index (χ3n) is 4.66. The molecular weight excluding hydrogens is 276 g/mol. The van der Waals surface area contributed by atoms with Crippen LogP contribution in [0.15, 0.2) is 24.4 Å². The fourth-order valence-electron chi connectivity index (χ4n) is 3.29. The summed E-state index contributed by atoms with van der Waals surface area (Å²) in [6.45, 7) is 2.59. The van der Waals surface area contributed by atoms with Crippen LogP contribution in [0.5, 0.6) is 0 Å². The van der Waals surface area contributed by atoms with Crippen molar-refractivity contribution in [1.29, 1.82) is 0 Å². The van der Waals surface area contributed by atoms with Gasteiger partial charge in [0.15, 0.2) is 0 Å². The third kappa shape index (κ3) is 5.41. The van der Waals surface area contributed by atoms with Crippen molar-refractivity contribution in [2.75, 3.05) is 13.2 Å². The number of pyridine rings is 1. The first-order valence-corrected chi connectivity index (χ1v) is 8.47. The Morgan fingerprint density at radius 2 is 2.18 bits per heavy atom. The molecule has 0 spiro atoms. The van der Waals surface area contributed by atoms with Gasteiger partial charge in [-0.05, 0) is 30.9 Å². The van der Waals surface area contributed by atoms with Crippen molar-refractivity contribution in [2.45, 2.75) is 45.4 Å². The highest BCUT2D eigenvalue weighted by molar-refractivity contribution is 5.78. The number of nitrogens with zero attached hydrogens (tertiary/aromatic N) is 1. The van der Waals surface area contributed by atoms with E-state index in [1.54, 1.807) is 6.20 Å². The number of aliphatic hydroxyl groups excluding tert-OH is 1. The number of nitrogens with one attached hydrogen (secondary N) is 1. The molecule has 0 saturated heterocycles. The number of carbonyl (C=O) groups excluding carboxylic acids is 1. The van der Waals surface area contributed by atoms with E-state index in [1.165, 1.54) is 25.7 Å². The van der Waals surface area contributed by atoms with Crippen molar-refractivity contribution in [3.05, 3.63) is 30.1 Å². The fourth-order valence-corrected chi connectivity index (χ4v) is 3.29. The van der Waals surface area contributed by atoms with Crippen molar-refractivity contribution >= 4 is 5.91 Å². The summed E-state index contributed by atoms with van der Waals surface area (Å²) in [6, 6.07) is 5.77. The Balaban J connectivity index is 1.73. The maximum Gasteiger partial charge on any atom is 0.222 e. The van der Waals surface area contributed by atoms with Crippen LogP contribution in [-0.4, -0.2) is 29.1 Å². The van der Waals surface area contributed by atoms with Gasteiger partial charge in [-0.25, -0.2) is 0 Å². The molecule has 1 aliphatic rings. The number of hydrogen-bond acceptors (Lipinski definition) is 3. The number of aliphatic hydroxyl groups is 1. The van der Waals surface area contributed by atoms with Gasteiger partial charge in [-0.15, -0.1) is 0 Å². The molecule has 0 aromatic carbocycles. The zero-order valence-corrected chi connectivity index (χ0v) is 13.5. The fraction of sp³-hybridized carbons (Fsp3) is 0.667. The second-order valence-electron chi connectivity index (χ2n) is 6.61. The molecule has 2 N–H and O–H groups in total. The van der Waals surface area contributed by atoms with E-state index in [0.29, 0.717) is 13.0 Å². The molecule has 1 amide bonds. The summed E-state index contributed by atoms with van der Waals surface area (Å²) in [4.78, 5) is 16.5. The molecule has 22 heavy (non-hydrogen) atoms. The molecular formula is C18H28N2O2. The summed E-state index contributed by atoms with van der Waals surface area (Å²) in [7, 11) is 0. The largest absolute Gasteiger partial charge is 0.396 e. The lowest BCUT2D eigenvalue weighted by Gasteiger charge is -2.19. The molecule has 4 nitrogen and oxygen atoms in total. The minimum Gasteiger partial charge on any atom is -0.396 e. The quantitative estimate of drug-likeness (QED) is 0.776. The molecule has 2 unspecified atom stereocenters. The van der Waals surface area contributed by atoms with Crippen LogP contribution in [0.4, 0.5) is 0 Å². The van der Waals surface area contributed by atoms with Crippen molar-refractivity contribution in [2.24, 2.45) is 17.8 Å². The Kier molecular flexibility index (Phi) is 6.84. The summed E-state index contributed by atoms with van der Waals surface area (Å²) in [5, 5.41) is 12.5. The second-order valence-corrected chi connectivity index (χ2v) is 6.61. The predicted molar refractivity (Wildman–Crippen MR) is 87.3 cm³/mol. The number of rotatable bonds is 8. The summed E-state index contributed by atoms with van der Waals surface area (Å²) in [5.41, 5.74) is 0.954. The maximum atomic E-state index is 12.2. The van der Waals surface area contributed by atoms with Crippen LogP contribution < -0.4 is 5.32 Å². The maximum absolute atomic E-state index is 12.2. The standard InChI is InChI=1S/C18H28N2O2/c1-14(10-15-6-2-3-7-15)18(22)20-12-16(13-21)11-17-8-4-5-9-19-17/h4-5,8-9,14-16,21H,2-3,6-7,10-13H2,1H3,(H,20,22). The van der Waals surface area contributed by atoms with Crippen LogP contribution in [0.25, 0.3) is 0 Å². The van der Waals surface area contributed by atoms with E-state index in [9.17, 15) is 9.90 Å². The first-order chi connectivity index (χ1) is 10.7. The SMILES string of the molecule is CC(CC1CCCC1)C(=O)NCC(CO)Cc1ccccn1. The van der Waals surface area contributed by atoms with Crippen molar-refractivity contribution in [1.82, 2.24) is 10.3 Å². The van der Waals surface area contributed by atoms with Crippen LogP contribution in [-0.2, 0) is 11.2 Å². The van der Waals surface area contributed by atoms with Crippen molar-refractivity contribution in [3.8, 4) is 0 Å². The van der Waals surface area contributed by atoms with Crippen molar-refractivity contribution in [3.63, 3.8) is 0 Å². The number of carbonyl (C=O) groups is 1. The first-order valence-electron chi connectivity index (χ1n) is 8.47. The van der Waals surface area contributed by atoms with E-state index in [2.05, 4.69) is 10.3 Å². The van der Waals surface area contributed by atoms with Crippen LogP contribution in [0, 0.1) is 17.8 Å². The van der Waals surface area contributed by atoms with Gasteiger partial charge >= 0.3 is 0 Å². The average Bonchev–Trinajstić information content (AvgIpc) is 3.05. The van der Waals surface area contributed by atoms with Crippen LogP contribution >= 0.6 is 0 Å². The topological polar surface area (TPSA) is 62.2 Å². The molecule has 1 aromatic rings. The Labute approximate surface area is 133 Å². The molecule has 1 aromatic heterocycles. The number of amides is 1. The highest BCUT2D eigenvalue weighted by Crippen LogP contribution is 2.30. The molecule has 4 heteroatoms. The number of hydrogen-bond donors (Lipinski definition) is 2. The van der Waals surface area contributed by atoms with Gasteiger partial charge in [-0.2, -0.15) is 0 Å². The second kappa shape index (κ2) is 8.89. The summed E-state index contributed by atoms with van der Waals surface area (Å²) < 4.78 is 0. The van der Waals surface area contributed by atoms with Crippen LogP contribution in [0.1, 0.15) is 44.7 Å². The molecule has 0 radical (unpaired) electrons. The van der Waals surface area contributed by atoms with Gasteiger partial charge < -0.3 is 10.4 Å². The van der Waals surface area contributed by atoms with Gasteiger partial charge in [0, 0.05) is 36.9 Å². The zero-order chi connectivity index (χ0) is 15.8. The zero-order valence-electron chi connectivity index (χ0n) is 13.5. The highest BCUT2D eigenvalue weighted by atomic mass is 16.3. The smallest absolute Gasteiger partial charge is 0.222 e. The Bertz CT molecular complexity index is 444. The Morgan fingerprint density at radius 3 is 2.82 bits per heavy atom. The van der Waals surface area contributed by atoms with Gasteiger partial charge in [0.25, 0.3) is 0 Å². The Hall–Kier alpha value is -1.42. The Morgan fingerprint density at radius 1 is 1.41 bits per heavy atom. The minimum atomic E-state index is 0.0255. The lowest BCUT2D eigenvalue weighted by Crippen LogP contribution is -2.35. The van der Waals surface area contributed by atoms with E-state index in [-0.39, 0.29) is 24.3 Å². The van der Waals surface area contributed by atoms with Crippen LogP contribution in [0.3, 0.4) is 0 Å². The third-order valence-corrected chi connectivity index (χ3v) is 4.66. The van der Waals surface area contributed by atoms with Gasteiger partial charge in [-0.3, -0.25) is 9.78 Å². The lowest BCUT2D eigenvalue weighted by atomic mass is 9.94. The normalized spacial score (nSPS) is 18.1. The van der Waals surface area contributed by atoms with Gasteiger partial charge in [-0.1, -0.05) is 38.7 Å². The van der Waals surface area contributed by atoms with E-state index in [1.807, 2.05) is 25.1 Å². The average molecular weight is 304 g/mol. The molecule has 122 valence electrons. The van der Waals surface area contributed by atoms with E-state index < -0.39 is 0 Å². The molecule has 1 fully saturated rings. The lowest BCUT2D eigenvalue weighted by molar-refractivity contribution is -0.125. The van der Waals surface area contributed by atoms with E-state index >= 15 is 0 Å². The van der Waals surface area contributed by atoms with E-state index in [0.717, 1.165) is 18.0 Å². The molecule has 0 bridgehead atoms. The highest BCUT2D eigenvalue weighted by Gasteiger charge is 2.22. The predicted octanol–water partition coefficient (Wildman–Crippen LogP) is 2.57. The monoisotopic (exact) mass is 304 g/mol. The van der Waals surface area contributed by atoms with Gasteiger partial charge in [0.2, 0.25) is 5.91 Å². The van der Waals surface area contributed by atoms with Gasteiger partial charge in [0.1, 0.15) is 0 Å². The molecule has 1 saturated carbocycles. The van der Waals surface area contributed by atoms with Gasteiger partial charge in [0.05, 0.1) is 0 Å². The summed E-state index contributed by atoms with van der Waals surface area (Å²) in [6.07, 6.45) is 8.62. The summed E-state index contributed by atoms with van der Waals surface area (Å²) >= 11 is 0. The van der Waals surface area contributed by atoms with Crippen molar-refractivity contribution < 1.29 is 9.90 Å². The van der Waals surface area contributed by atoms with E-state index in [4.69, 9.17) is 0 Å².